The summed E-state index contributed by atoms with van der Waals surface area (Å²) in [5, 5.41) is 5.21. The maximum atomic E-state index is 5.86. The van der Waals surface area contributed by atoms with Crippen LogP contribution in [-0.2, 0) is 6.42 Å². The first-order valence-corrected chi connectivity index (χ1v) is 8.31. The van der Waals surface area contributed by atoms with Crippen molar-refractivity contribution in [2.24, 2.45) is 10.7 Å². The smallest absolute Gasteiger partial charge is 0.188 e. The van der Waals surface area contributed by atoms with E-state index in [4.69, 9.17) is 10.5 Å². The molecule has 0 aliphatic rings. The lowest BCUT2D eigenvalue weighted by Gasteiger charge is -2.13. The first-order chi connectivity index (χ1) is 10.6. The molecule has 0 fully saturated rings. The Morgan fingerprint density at radius 2 is 2.09 bits per heavy atom. The molecule has 0 aliphatic carbocycles. The third kappa shape index (κ3) is 5.77. The van der Waals surface area contributed by atoms with Crippen molar-refractivity contribution < 1.29 is 4.74 Å². The Kier molecular flexibility index (Phi) is 6.27. The van der Waals surface area contributed by atoms with Gasteiger partial charge in [-0.25, -0.2) is 4.99 Å². The van der Waals surface area contributed by atoms with Crippen LogP contribution in [-0.4, -0.2) is 25.2 Å². The molecule has 2 aromatic rings. The van der Waals surface area contributed by atoms with E-state index in [1.165, 1.54) is 10.4 Å². The number of thiophene rings is 1. The number of nitrogens with one attached hydrogen (secondary N) is 1. The van der Waals surface area contributed by atoms with E-state index in [2.05, 4.69) is 34.7 Å². The molecular formula is C17H23N3OS. The van der Waals surface area contributed by atoms with E-state index in [1.54, 1.807) is 11.3 Å². The molecule has 1 aromatic heterocycles. The molecule has 1 atom stereocenters. The van der Waals surface area contributed by atoms with Gasteiger partial charge in [0, 0.05) is 11.4 Å². The zero-order valence-corrected chi connectivity index (χ0v) is 13.9. The summed E-state index contributed by atoms with van der Waals surface area (Å²) in [5.74, 6) is 1.33. The Labute approximate surface area is 136 Å². The molecule has 5 heteroatoms. The molecule has 4 nitrogen and oxygen atoms in total. The summed E-state index contributed by atoms with van der Waals surface area (Å²) in [5.41, 5.74) is 7.08. The first-order valence-electron chi connectivity index (χ1n) is 7.43. The van der Waals surface area contributed by atoms with Crippen LogP contribution < -0.4 is 15.8 Å². The predicted molar refractivity (Wildman–Crippen MR) is 93.8 cm³/mol. The number of aliphatic imine (C=N–C) groups is 1. The van der Waals surface area contributed by atoms with Crippen molar-refractivity contribution in [2.75, 3.05) is 13.1 Å². The molecular weight excluding hydrogens is 294 g/mol. The Morgan fingerprint density at radius 1 is 1.32 bits per heavy atom. The summed E-state index contributed by atoms with van der Waals surface area (Å²) in [6, 6.07) is 12.2. The zero-order chi connectivity index (χ0) is 15.8. The van der Waals surface area contributed by atoms with Crippen LogP contribution in [0.4, 0.5) is 0 Å². The van der Waals surface area contributed by atoms with Crippen LogP contribution >= 0.6 is 11.3 Å². The second-order valence-electron chi connectivity index (χ2n) is 5.22. The molecule has 1 unspecified atom stereocenters. The van der Waals surface area contributed by atoms with Crippen molar-refractivity contribution >= 4 is 17.3 Å². The maximum absolute atomic E-state index is 5.86. The molecule has 22 heavy (non-hydrogen) atoms. The molecule has 0 saturated carbocycles. The van der Waals surface area contributed by atoms with Crippen molar-refractivity contribution in [1.82, 2.24) is 5.32 Å². The number of aryl methyl sites for hydroxylation is 1. The summed E-state index contributed by atoms with van der Waals surface area (Å²) in [4.78, 5) is 5.66. The SMILES string of the molecule is Cc1ccc(OC(C)CN=C(N)NCCc2cccs2)cc1. The summed E-state index contributed by atoms with van der Waals surface area (Å²) < 4.78 is 5.79. The lowest BCUT2D eigenvalue weighted by atomic mass is 10.2. The molecule has 1 heterocycles. The van der Waals surface area contributed by atoms with Crippen LogP contribution in [0.15, 0.2) is 46.8 Å². The fourth-order valence-corrected chi connectivity index (χ4v) is 2.65. The van der Waals surface area contributed by atoms with Crippen molar-refractivity contribution in [3.05, 3.63) is 52.2 Å². The fourth-order valence-electron chi connectivity index (χ4n) is 1.94. The number of hydrogen-bond acceptors (Lipinski definition) is 3. The van der Waals surface area contributed by atoms with E-state index in [0.717, 1.165) is 18.7 Å². The Balaban J connectivity index is 1.69. The number of nitrogens with two attached hydrogens (primary N) is 1. The highest BCUT2D eigenvalue weighted by molar-refractivity contribution is 7.09. The fraction of sp³-hybridized carbons (Fsp3) is 0.353. The number of hydrogen-bond donors (Lipinski definition) is 2. The van der Waals surface area contributed by atoms with Crippen LogP contribution in [0, 0.1) is 6.92 Å². The highest BCUT2D eigenvalue weighted by atomic mass is 32.1. The molecule has 0 saturated heterocycles. The summed E-state index contributed by atoms with van der Waals surface area (Å²) in [6.45, 7) is 5.37. The number of guanidine groups is 1. The van der Waals surface area contributed by atoms with Gasteiger partial charge in [0.25, 0.3) is 0 Å². The predicted octanol–water partition coefficient (Wildman–Crippen LogP) is 2.97. The Morgan fingerprint density at radius 3 is 2.77 bits per heavy atom. The molecule has 118 valence electrons. The first kappa shape index (κ1) is 16.4. The van der Waals surface area contributed by atoms with Gasteiger partial charge in [-0.15, -0.1) is 11.3 Å². The van der Waals surface area contributed by atoms with Gasteiger partial charge in [0.1, 0.15) is 11.9 Å². The molecule has 0 radical (unpaired) electrons. The number of benzene rings is 1. The normalized spacial score (nSPS) is 12.9. The van der Waals surface area contributed by atoms with Crippen molar-refractivity contribution in [1.29, 1.82) is 0 Å². The lowest BCUT2D eigenvalue weighted by molar-refractivity contribution is 0.230. The van der Waals surface area contributed by atoms with Gasteiger partial charge in [0.15, 0.2) is 5.96 Å². The standard InChI is InChI=1S/C17H23N3OS/c1-13-5-7-15(8-6-13)21-14(2)12-20-17(18)19-10-9-16-4-3-11-22-16/h3-8,11,14H,9-10,12H2,1-2H3,(H3,18,19,20). The quantitative estimate of drug-likeness (QED) is 0.610. The molecule has 0 amide bonds. The van der Waals surface area contributed by atoms with Gasteiger partial charge in [-0.05, 0) is 43.8 Å². The van der Waals surface area contributed by atoms with Crippen LogP contribution in [0.3, 0.4) is 0 Å². The summed E-state index contributed by atoms with van der Waals surface area (Å²) >= 11 is 1.75. The molecule has 1 aromatic carbocycles. The topological polar surface area (TPSA) is 59.6 Å². The molecule has 0 aliphatic heterocycles. The second kappa shape index (κ2) is 8.44. The van der Waals surface area contributed by atoms with Gasteiger partial charge in [0.2, 0.25) is 0 Å². The van der Waals surface area contributed by atoms with E-state index >= 15 is 0 Å². The maximum Gasteiger partial charge on any atom is 0.188 e. The van der Waals surface area contributed by atoms with E-state index in [0.29, 0.717) is 12.5 Å². The summed E-state index contributed by atoms with van der Waals surface area (Å²) in [7, 11) is 0. The van der Waals surface area contributed by atoms with Crippen molar-refractivity contribution in [3.8, 4) is 5.75 Å². The van der Waals surface area contributed by atoms with Crippen LogP contribution in [0.2, 0.25) is 0 Å². The summed E-state index contributed by atoms with van der Waals surface area (Å²) in [6.07, 6.45) is 0.948. The minimum absolute atomic E-state index is 0.0136. The zero-order valence-electron chi connectivity index (χ0n) is 13.1. The molecule has 3 N–H and O–H groups in total. The van der Waals surface area contributed by atoms with Gasteiger partial charge in [-0.2, -0.15) is 0 Å². The Bertz CT molecular complexity index is 578. The number of rotatable bonds is 7. The van der Waals surface area contributed by atoms with E-state index in [-0.39, 0.29) is 6.10 Å². The van der Waals surface area contributed by atoms with Crippen LogP contribution in [0.25, 0.3) is 0 Å². The van der Waals surface area contributed by atoms with Gasteiger partial charge < -0.3 is 15.8 Å². The average Bonchev–Trinajstić information content (AvgIpc) is 3.01. The monoisotopic (exact) mass is 317 g/mol. The Hall–Kier alpha value is -2.01. The van der Waals surface area contributed by atoms with Gasteiger partial charge in [-0.1, -0.05) is 23.8 Å². The minimum Gasteiger partial charge on any atom is -0.489 e. The van der Waals surface area contributed by atoms with Gasteiger partial charge >= 0.3 is 0 Å². The highest BCUT2D eigenvalue weighted by Gasteiger charge is 2.03. The minimum atomic E-state index is -0.0136. The number of nitrogens with zero attached hydrogens (tertiary/aromatic N) is 1. The second-order valence-corrected chi connectivity index (χ2v) is 6.26. The molecule has 0 bridgehead atoms. The van der Waals surface area contributed by atoms with E-state index in [9.17, 15) is 0 Å². The molecule has 2 rings (SSSR count). The third-order valence-corrected chi connectivity index (χ3v) is 4.07. The van der Waals surface area contributed by atoms with Crippen LogP contribution in [0.5, 0.6) is 5.75 Å². The average molecular weight is 317 g/mol. The van der Waals surface area contributed by atoms with E-state index in [1.807, 2.05) is 31.2 Å². The van der Waals surface area contributed by atoms with E-state index < -0.39 is 0 Å². The van der Waals surface area contributed by atoms with Crippen LogP contribution in [0.1, 0.15) is 17.4 Å². The number of ether oxygens (including phenoxy) is 1. The lowest BCUT2D eigenvalue weighted by Crippen LogP contribution is -2.34. The van der Waals surface area contributed by atoms with Crippen molar-refractivity contribution in [2.45, 2.75) is 26.4 Å². The third-order valence-electron chi connectivity index (χ3n) is 3.13. The van der Waals surface area contributed by atoms with Crippen molar-refractivity contribution in [3.63, 3.8) is 0 Å². The van der Waals surface area contributed by atoms with Gasteiger partial charge in [0.05, 0.1) is 6.54 Å². The molecule has 0 spiro atoms. The van der Waals surface area contributed by atoms with Gasteiger partial charge in [-0.3, -0.25) is 0 Å². The highest BCUT2D eigenvalue weighted by Crippen LogP contribution is 2.13. The largest absolute Gasteiger partial charge is 0.489 e.